The van der Waals surface area contributed by atoms with Gasteiger partial charge < -0.3 is 10.4 Å². The van der Waals surface area contributed by atoms with Gasteiger partial charge in [-0.3, -0.25) is 19.3 Å². The lowest BCUT2D eigenvalue weighted by Gasteiger charge is -2.17. The van der Waals surface area contributed by atoms with Crippen LogP contribution < -0.4 is 5.32 Å². The predicted molar refractivity (Wildman–Crippen MR) is 96.1 cm³/mol. The smallest absolute Gasteiger partial charge is 0.326 e. The highest BCUT2D eigenvalue weighted by Crippen LogP contribution is 2.22. The molecule has 0 spiro atoms. The first-order chi connectivity index (χ1) is 13.4. The van der Waals surface area contributed by atoms with E-state index in [2.05, 4.69) is 5.32 Å². The van der Waals surface area contributed by atoms with Gasteiger partial charge in [0.25, 0.3) is 11.8 Å². The number of amides is 3. The summed E-state index contributed by atoms with van der Waals surface area (Å²) in [4.78, 5) is 49.1. The standard InChI is InChI=1S/C20H17FN2O5/c21-15-8-4-1-5-12(15)11-16(20(27)28)22-17(24)9-10-23-18(25)13-6-2-3-7-14(13)19(23)26/h1-8,16H,9-11H2,(H,22,24)(H,27,28). The van der Waals surface area contributed by atoms with E-state index >= 15 is 0 Å². The van der Waals surface area contributed by atoms with Crippen LogP contribution in [0.2, 0.25) is 0 Å². The Hall–Kier alpha value is -3.55. The average molecular weight is 384 g/mol. The Kier molecular flexibility index (Phi) is 5.49. The molecular formula is C20H17FN2O5. The van der Waals surface area contributed by atoms with E-state index in [1.54, 1.807) is 18.2 Å². The fourth-order valence-corrected chi connectivity index (χ4v) is 3.01. The van der Waals surface area contributed by atoms with Gasteiger partial charge in [0.1, 0.15) is 11.9 Å². The number of fused-ring (bicyclic) bond motifs is 1. The quantitative estimate of drug-likeness (QED) is 0.706. The summed E-state index contributed by atoms with van der Waals surface area (Å²) in [5.41, 5.74) is 0.710. The molecule has 2 N–H and O–H groups in total. The number of aliphatic carboxylic acids is 1. The van der Waals surface area contributed by atoms with Crippen LogP contribution in [0.1, 0.15) is 32.7 Å². The minimum Gasteiger partial charge on any atom is -0.480 e. The summed E-state index contributed by atoms with van der Waals surface area (Å²) in [6.07, 6.45) is -0.479. The Bertz CT molecular complexity index is 924. The number of carboxylic acid groups (broad SMARTS) is 1. The molecule has 28 heavy (non-hydrogen) atoms. The Morgan fingerprint density at radius 2 is 1.57 bits per heavy atom. The molecule has 0 fully saturated rings. The highest BCUT2D eigenvalue weighted by molar-refractivity contribution is 6.21. The van der Waals surface area contributed by atoms with Crippen LogP contribution in [0.5, 0.6) is 0 Å². The lowest BCUT2D eigenvalue weighted by Crippen LogP contribution is -2.44. The Morgan fingerprint density at radius 1 is 1.00 bits per heavy atom. The van der Waals surface area contributed by atoms with E-state index < -0.39 is 35.5 Å². The van der Waals surface area contributed by atoms with Gasteiger partial charge in [-0.2, -0.15) is 0 Å². The number of halogens is 1. The Labute approximate surface area is 159 Å². The molecule has 2 aromatic carbocycles. The number of rotatable bonds is 7. The molecule has 7 nitrogen and oxygen atoms in total. The molecule has 1 aliphatic rings. The number of benzene rings is 2. The van der Waals surface area contributed by atoms with Crippen molar-refractivity contribution in [2.45, 2.75) is 18.9 Å². The van der Waals surface area contributed by atoms with Gasteiger partial charge in [0.05, 0.1) is 11.1 Å². The molecule has 0 bridgehead atoms. The van der Waals surface area contributed by atoms with Gasteiger partial charge in [0, 0.05) is 19.4 Å². The largest absolute Gasteiger partial charge is 0.480 e. The molecule has 144 valence electrons. The molecule has 1 atom stereocenters. The summed E-state index contributed by atoms with van der Waals surface area (Å²) in [5.74, 6) is -3.50. The molecule has 1 unspecified atom stereocenters. The van der Waals surface area contributed by atoms with E-state index in [0.29, 0.717) is 0 Å². The van der Waals surface area contributed by atoms with Crippen LogP contribution in [0.25, 0.3) is 0 Å². The van der Waals surface area contributed by atoms with Crippen molar-refractivity contribution in [3.8, 4) is 0 Å². The second kappa shape index (κ2) is 7.99. The second-order valence-electron chi connectivity index (χ2n) is 6.31. The van der Waals surface area contributed by atoms with E-state index in [0.717, 1.165) is 4.90 Å². The number of hydrogen-bond donors (Lipinski definition) is 2. The third-order valence-electron chi connectivity index (χ3n) is 4.46. The Morgan fingerprint density at radius 3 is 2.14 bits per heavy atom. The first-order valence-corrected chi connectivity index (χ1v) is 8.59. The molecule has 1 heterocycles. The maximum atomic E-state index is 13.7. The average Bonchev–Trinajstić information content (AvgIpc) is 2.92. The summed E-state index contributed by atoms with van der Waals surface area (Å²) in [5, 5.41) is 11.6. The number of nitrogens with zero attached hydrogens (tertiary/aromatic N) is 1. The molecule has 1 aliphatic heterocycles. The third kappa shape index (κ3) is 3.90. The van der Waals surface area contributed by atoms with Crippen LogP contribution in [0, 0.1) is 5.82 Å². The van der Waals surface area contributed by atoms with Gasteiger partial charge in [0.15, 0.2) is 0 Å². The summed E-state index contributed by atoms with van der Waals surface area (Å²) in [6, 6.07) is 10.7. The van der Waals surface area contributed by atoms with Crippen molar-refractivity contribution >= 4 is 23.7 Å². The normalized spacial score (nSPS) is 14.0. The van der Waals surface area contributed by atoms with Gasteiger partial charge in [0.2, 0.25) is 5.91 Å². The van der Waals surface area contributed by atoms with E-state index in [9.17, 15) is 28.7 Å². The molecule has 2 aromatic rings. The van der Waals surface area contributed by atoms with E-state index in [1.165, 1.54) is 30.3 Å². The van der Waals surface area contributed by atoms with Crippen LogP contribution in [-0.2, 0) is 16.0 Å². The number of carboxylic acids is 1. The number of carbonyl (C=O) groups is 4. The van der Waals surface area contributed by atoms with Crippen LogP contribution in [0.4, 0.5) is 4.39 Å². The van der Waals surface area contributed by atoms with Crippen molar-refractivity contribution in [3.63, 3.8) is 0 Å². The lowest BCUT2D eigenvalue weighted by molar-refractivity contribution is -0.141. The van der Waals surface area contributed by atoms with Crippen molar-refractivity contribution in [3.05, 3.63) is 71.0 Å². The zero-order chi connectivity index (χ0) is 20.3. The van der Waals surface area contributed by atoms with Crippen LogP contribution in [0.15, 0.2) is 48.5 Å². The zero-order valence-corrected chi connectivity index (χ0v) is 14.7. The number of hydrogen-bond acceptors (Lipinski definition) is 4. The summed E-state index contributed by atoms with van der Waals surface area (Å²) in [6.45, 7) is -0.176. The molecule has 0 aromatic heterocycles. The molecule has 0 saturated heterocycles. The molecule has 3 rings (SSSR count). The van der Waals surface area contributed by atoms with Crippen molar-refractivity contribution in [1.29, 1.82) is 0 Å². The van der Waals surface area contributed by atoms with Crippen molar-refractivity contribution in [1.82, 2.24) is 10.2 Å². The van der Waals surface area contributed by atoms with E-state index in [-0.39, 0.29) is 36.1 Å². The van der Waals surface area contributed by atoms with Gasteiger partial charge in [-0.25, -0.2) is 9.18 Å². The number of carbonyl (C=O) groups excluding carboxylic acids is 3. The summed E-state index contributed by atoms with van der Waals surface area (Å²) < 4.78 is 13.7. The van der Waals surface area contributed by atoms with Crippen LogP contribution in [-0.4, -0.2) is 46.3 Å². The highest BCUT2D eigenvalue weighted by atomic mass is 19.1. The number of imide groups is 1. The minimum absolute atomic E-state index is 0.163. The van der Waals surface area contributed by atoms with Crippen molar-refractivity contribution in [2.75, 3.05) is 6.54 Å². The molecule has 0 aliphatic carbocycles. The fraction of sp³-hybridized carbons (Fsp3) is 0.200. The minimum atomic E-state index is -1.33. The lowest BCUT2D eigenvalue weighted by atomic mass is 10.1. The van der Waals surface area contributed by atoms with Crippen molar-refractivity contribution in [2.24, 2.45) is 0 Å². The van der Waals surface area contributed by atoms with E-state index in [4.69, 9.17) is 0 Å². The number of nitrogens with one attached hydrogen (secondary N) is 1. The van der Waals surface area contributed by atoms with Gasteiger partial charge in [-0.15, -0.1) is 0 Å². The first kappa shape index (κ1) is 19.2. The predicted octanol–water partition coefficient (Wildman–Crippen LogP) is 1.62. The SMILES string of the molecule is O=C(CCN1C(=O)c2ccccc2C1=O)NC(Cc1ccccc1F)C(=O)O. The van der Waals surface area contributed by atoms with Crippen LogP contribution in [0.3, 0.4) is 0 Å². The first-order valence-electron chi connectivity index (χ1n) is 8.59. The fourth-order valence-electron chi connectivity index (χ4n) is 3.01. The monoisotopic (exact) mass is 384 g/mol. The molecule has 3 amide bonds. The summed E-state index contributed by atoms with van der Waals surface area (Å²) in [7, 11) is 0. The van der Waals surface area contributed by atoms with Gasteiger partial charge in [-0.1, -0.05) is 30.3 Å². The topological polar surface area (TPSA) is 104 Å². The van der Waals surface area contributed by atoms with E-state index in [1.807, 2.05) is 0 Å². The molecule has 0 radical (unpaired) electrons. The molecular weight excluding hydrogens is 367 g/mol. The van der Waals surface area contributed by atoms with Gasteiger partial charge in [-0.05, 0) is 23.8 Å². The van der Waals surface area contributed by atoms with Gasteiger partial charge >= 0.3 is 5.97 Å². The summed E-state index contributed by atoms with van der Waals surface area (Å²) >= 11 is 0. The van der Waals surface area contributed by atoms with Crippen molar-refractivity contribution < 1.29 is 28.7 Å². The maximum Gasteiger partial charge on any atom is 0.326 e. The highest BCUT2D eigenvalue weighted by Gasteiger charge is 2.35. The molecule has 0 saturated carbocycles. The van der Waals surface area contributed by atoms with Crippen LogP contribution >= 0.6 is 0 Å². The maximum absolute atomic E-state index is 13.7. The zero-order valence-electron chi connectivity index (χ0n) is 14.7. The molecule has 8 heteroatoms. The second-order valence-corrected chi connectivity index (χ2v) is 6.31. The Balaban J connectivity index is 1.60. The third-order valence-corrected chi connectivity index (χ3v) is 4.46.